The molecule has 0 N–H and O–H groups in total. The maximum atomic E-state index is 4.87. The Hall–Kier alpha value is -3.04. The van der Waals surface area contributed by atoms with E-state index in [0.717, 1.165) is 17.1 Å². The predicted octanol–water partition coefficient (Wildman–Crippen LogP) is 10.1. The summed E-state index contributed by atoms with van der Waals surface area (Å²) in [6.07, 6.45) is 8.56. The molecule has 38 heavy (non-hydrogen) atoms. The molecule has 2 aromatic heterocycles. The molecule has 0 bridgehead atoms. The van der Waals surface area contributed by atoms with Crippen molar-refractivity contribution in [1.82, 2.24) is 9.97 Å². The number of nitrogens with zero attached hydrogens (tertiary/aromatic N) is 2. The zero-order valence-electron chi connectivity index (χ0n) is 23.6. The third-order valence-electron chi connectivity index (χ3n) is 8.47. The molecule has 0 aliphatic heterocycles. The van der Waals surface area contributed by atoms with Crippen molar-refractivity contribution < 1.29 is 0 Å². The summed E-state index contributed by atoms with van der Waals surface area (Å²) in [7, 11) is 0. The lowest BCUT2D eigenvalue weighted by molar-refractivity contribution is 0.546. The van der Waals surface area contributed by atoms with Crippen LogP contribution in [0, 0.1) is 26.7 Å². The summed E-state index contributed by atoms with van der Waals surface area (Å²) in [5.74, 6) is 0.864. The fourth-order valence-corrected chi connectivity index (χ4v) is 8.06. The number of fused-ring (bicyclic) bond motifs is 2. The third kappa shape index (κ3) is 4.45. The fourth-order valence-electron chi connectivity index (χ4n) is 6.61. The second-order valence-corrected chi connectivity index (χ2v) is 13.4. The first kappa shape index (κ1) is 25.2. The predicted molar refractivity (Wildman–Crippen MR) is 164 cm³/mol. The maximum absolute atomic E-state index is 4.87. The van der Waals surface area contributed by atoms with E-state index in [0.29, 0.717) is 0 Å². The Morgan fingerprint density at radius 3 is 2.32 bits per heavy atom. The monoisotopic (exact) mass is 518 g/mol. The van der Waals surface area contributed by atoms with E-state index >= 15 is 0 Å². The van der Waals surface area contributed by atoms with E-state index in [4.69, 9.17) is 9.97 Å². The highest BCUT2D eigenvalue weighted by atomic mass is 32.1. The van der Waals surface area contributed by atoms with Crippen molar-refractivity contribution in [2.75, 3.05) is 0 Å². The number of aryl methyl sites for hydroxylation is 3. The quantitative estimate of drug-likeness (QED) is 0.236. The molecule has 2 heterocycles. The van der Waals surface area contributed by atoms with Gasteiger partial charge in [0.25, 0.3) is 0 Å². The lowest BCUT2D eigenvalue weighted by Gasteiger charge is -2.22. The van der Waals surface area contributed by atoms with Crippen LogP contribution in [0.4, 0.5) is 0 Å². The van der Waals surface area contributed by atoms with Crippen molar-refractivity contribution >= 4 is 32.3 Å². The molecule has 3 aromatic carbocycles. The Morgan fingerprint density at radius 1 is 0.895 bits per heavy atom. The van der Waals surface area contributed by atoms with Crippen molar-refractivity contribution in [1.29, 1.82) is 0 Å². The lowest BCUT2D eigenvalue weighted by atomic mass is 9.82. The molecule has 1 aliphatic rings. The number of hydrogen-bond acceptors (Lipinski definition) is 3. The number of rotatable bonds is 4. The molecule has 0 amide bonds. The first-order valence-electron chi connectivity index (χ1n) is 14.1. The molecule has 2 nitrogen and oxygen atoms in total. The minimum Gasteiger partial charge on any atom is -0.235 e. The van der Waals surface area contributed by atoms with Gasteiger partial charge in [-0.3, -0.25) is 0 Å². The Balaban J connectivity index is 1.49. The molecule has 1 aliphatic carbocycles. The molecule has 6 rings (SSSR count). The minimum absolute atomic E-state index is 0.0345. The van der Waals surface area contributed by atoms with Gasteiger partial charge in [0.15, 0.2) is 0 Å². The zero-order valence-corrected chi connectivity index (χ0v) is 24.4. The van der Waals surface area contributed by atoms with Crippen molar-refractivity contribution in [3.8, 4) is 21.7 Å². The molecule has 1 saturated carbocycles. The van der Waals surface area contributed by atoms with Crippen LogP contribution in [0.25, 0.3) is 42.7 Å². The van der Waals surface area contributed by atoms with Gasteiger partial charge in [-0.15, -0.1) is 11.3 Å². The molecule has 0 saturated heterocycles. The van der Waals surface area contributed by atoms with Gasteiger partial charge in [-0.2, -0.15) is 0 Å². The molecule has 0 spiro atoms. The molecular weight excluding hydrogens is 480 g/mol. The van der Waals surface area contributed by atoms with E-state index < -0.39 is 0 Å². The largest absolute Gasteiger partial charge is 0.235 e. The number of benzene rings is 3. The van der Waals surface area contributed by atoms with Gasteiger partial charge < -0.3 is 0 Å². The van der Waals surface area contributed by atoms with Crippen LogP contribution in [0.3, 0.4) is 0 Å². The number of hydrogen-bond donors (Lipinski definition) is 0. The summed E-state index contributed by atoms with van der Waals surface area (Å²) in [5, 5.41) is 2.58. The average Bonchev–Trinajstić information content (AvgIpc) is 3.50. The molecule has 194 valence electrons. The smallest absolute Gasteiger partial charge is 0.116 e. The van der Waals surface area contributed by atoms with Crippen LogP contribution < -0.4 is 0 Å². The van der Waals surface area contributed by atoms with Crippen molar-refractivity contribution in [3.63, 3.8) is 0 Å². The highest BCUT2D eigenvalue weighted by Gasteiger charge is 2.23. The Morgan fingerprint density at radius 2 is 1.61 bits per heavy atom. The van der Waals surface area contributed by atoms with Crippen LogP contribution >= 0.6 is 11.3 Å². The van der Waals surface area contributed by atoms with E-state index in [1.54, 1.807) is 6.33 Å². The highest BCUT2D eigenvalue weighted by Crippen LogP contribution is 2.44. The van der Waals surface area contributed by atoms with E-state index in [-0.39, 0.29) is 5.41 Å². The van der Waals surface area contributed by atoms with Crippen molar-refractivity contribution in [2.24, 2.45) is 5.92 Å². The van der Waals surface area contributed by atoms with E-state index in [1.165, 1.54) is 91.4 Å². The van der Waals surface area contributed by atoms with Gasteiger partial charge in [-0.25, -0.2) is 9.97 Å². The van der Waals surface area contributed by atoms with Gasteiger partial charge in [0, 0.05) is 10.4 Å². The van der Waals surface area contributed by atoms with Crippen LogP contribution in [-0.2, 0) is 11.8 Å². The molecule has 1 fully saturated rings. The average molecular weight is 519 g/mol. The first-order chi connectivity index (χ1) is 18.2. The Kier molecular flexibility index (Phi) is 6.39. The van der Waals surface area contributed by atoms with Crippen LogP contribution in [0.15, 0.2) is 54.9 Å². The second-order valence-electron chi connectivity index (χ2n) is 12.4. The van der Waals surface area contributed by atoms with Crippen molar-refractivity contribution in [3.05, 3.63) is 82.7 Å². The number of aromatic nitrogens is 2. The first-order valence-corrected chi connectivity index (χ1v) is 14.9. The standard InChI is InChI=1S/C35H38N2S/c1-21-15-25(17-24-11-7-8-12-24)16-22(2)30(21)33-23(3)31-34(38-33)32(37-20-36-31)27-18-26-13-9-10-14-28(26)29(19-27)35(4,5)6/h9-10,13-16,18-20,24H,7-8,11-12,17H2,1-6H3. The van der Waals surface area contributed by atoms with Gasteiger partial charge in [-0.05, 0) is 94.8 Å². The minimum atomic E-state index is 0.0345. The third-order valence-corrected chi connectivity index (χ3v) is 9.77. The molecule has 5 aromatic rings. The summed E-state index contributed by atoms with van der Waals surface area (Å²) in [6.45, 7) is 13.7. The topological polar surface area (TPSA) is 25.8 Å². The Labute approximate surface area is 231 Å². The molecule has 0 unspecified atom stereocenters. The van der Waals surface area contributed by atoms with Crippen LogP contribution in [0.1, 0.15) is 74.3 Å². The number of thiophene rings is 1. The van der Waals surface area contributed by atoms with Gasteiger partial charge >= 0.3 is 0 Å². The Bertz CT molecular complexity index is 1640. The lowest BCUT2D eigenvalue weighted by Crippen LogP contribution is -2.12. The van der Waals surface area contributed by atoms with Gasteiger partial charge in [0.05, 0.1) is 15.9 Å². The van der Waals surface area contributed by atoms with Crippen LogP contribution in [0.5, 0.6) is 0 Å². The summed E-state index contributed by atoms with van der Waals surface area (Å²) in [4.78, 5) is 11.0. The van der Waals surface area contributed by atoms with Gasteiger partial charge in [-0.1, -0.05) is 82.9 Å². The normalized spacial score (nSPS) is 14.7. The second kappa shape index (κ2) is 9.61. The summed E-state index contributed by atoms with van der Waals surface area (Å²) in [5.41, 5.74) is 11.6. The fraction of sp³-hybridized carbons (Fsp3) is 0.371. The van der Waals surface area contributed by atoms with Gasteiger partial charge in [0.2, 0.25) is 0 Å². The summed E-state index contributed by atoms with van der Waals surface area (Å²) >= 11 is 1.86. The zero-order chi connectivity index (χ0) is 26.6. The summed E-state index contributed by atoms with van der Waals surface area (Å²) < 4.78 is 1.18. The molecular formula is C35H38N2S. The maximum Gasteiger partial charge on any atom is 0.116 e. The van der Waals surface area contributed by atoms with E-state index in [1.807, 2.05) is 11.3 Å². The van der Waals surface area contributed by atoms with E-state index in [9.17, 15) is 0 Å². The highest BCUT2D eigenvalue weighted by molar-refractivity contribution is 7.23. The molecule has 0 atom stereocenters. The van der Waals surface area contributed by atoms with Crippen LogP contribution in [-0.4, -0.2) is 9.97 Å². The summed E-state index contributed by atoms with van der Waals surface area (Å²) in [6, 6.07) is 18.3. The van der Waals surface area contributed by atoms with Crippen LogP contribution in [0.2, 0.25) is 0 Å². The van der Waals surface area contributed by atoms with E-state index in [2.05, 4.69) is 90.1 Å². The van der Waals surface area contributed by atoms with Crippen molar-refractivity contribution in [2.45, 2.75) is 79.1 Å². The molecule has 0 radical (unpaired) electrons. The van der Waals surface area contributed by atoms with Gasteiger partial charge in [0.1, 0.15) is 6.33 Å². The SMILES string of the molecule is Cc1cc(CC2CCCC2)cc(C)c1-c1sc2c(-c3cc(C(C)(C)C)c4ccccc4c3)ncnc2c1C. The molecule has 3 heteroatoms.